The van der Waals surface area contributed by atoms with Gasteiger partial charge in [0.2, 0.25) is 11.8 Å². The molecule has 31 heavy (non-hydrogen) atoms. The highest BCUT2D eigenvalue weighted by Crippen LogP contribution is 2.31. The molecule has 3 rings (SSSR count). The first kappa shape index (κ1) is 23.6. The van der Waals surface area contributed by atoms with Crippen LogP contribution in [0.5, 0.6) is 5.75 Å². The van der Waals surface area contributed by atoms with Gasteiger partial charge in [-0.05, 0) is 42.7 Å². The fraction of sp³-hybridized carbons (Fsp3) is 0.680. The molecule has 0 spiro atoms. The normalized spacial score (nSPS) is 18.9. The second-order valence-electron chi connectivity index (χ2n) is 9.36. The Hall–Kier alpha value is -2.08. The molecule has 1 saturated carbocycles. The number of para-hydroxylation sites is 1. The average molecular weight is 430 g/mol. The highest BCUT2D eigenvalue weighted by Gasteiger charge is 2.37. The highest BCUT2D eigenvalue weighted by atomic mass is 16.5. The highest BCUT2D eigenvalue weighted by molar-refractivity contribution is 5.82. The van der Waals surface area contributed by atoms with Gasteiger partial charge < -0.3 is 15.0 Å². The molecule has 6 nitrogen and oxygen atoms in total. The number of rotatable bonds is 9. The van der Waals surface area contributed by atoms with Crippen LogP contribution in [0.3, 0.4) is 0 Å². The van der Waals surface area contributed by atoms with Crippen LogP contribution in [0.15, 0.2) is 24.3 Å². The lowest BCUT2D eigenvalue weighted by molar-refractivity contribution is -0.135. The fourth-order valence-electron chi connectivity index (χ4n) is 5.01. The number of hydrogen-bond acceptors (Lipinski definition) is 4. The maximum atomic E-state index is 13.3. The van der Waals surface area contributed by atoms with Gasteiger partial charge in [0.1, 0.15) is 5.75 Å². The van der Waals surface area contributed by atoms with Crippen molar-refractivity contribution in [2.24, 2.45) is 11.8 Å². The van der Waals surface area contributed by atoms with Crippen molar-refractivity contribution in [1.82, 2.24) is 15.1 Å². The van der Waals surface area contributed by atoms with Gasteiger partial charge in [0.15, 0.2) is 0 Å². The van der Waals surface area contributed by atoms with E-state index in [1.165, 1.54) is 12.8 Å². The zero-order valence-corrected chi connectivity index (χ0v) is 19.4. The molecule has 1 saturated heterocycles. The van der Waals surface area contributed by atoms with E-state index in [2.05, 4.69) is 24.1 Å². The number of nitrogens with zero attached hydrogens (tertiary/aromatic N) is 2. The molecular formula is C25H39N3O3. The molecule has 1 heterocycles. The summed E-state index contributed by atoms with van der Waals surface area (Å²) in [5, 5.41) is 3.20. The lowest BCUT2D eigenvalue weighted by atomic mass is 9.94. The SMILES string of the molecule is COc1ccccc1CCNC(=O)C(C1CCCC1)N1CCN(C(=O)CC(C)C)CC1. The number of carbonyl (C=O) groups excluding carboxylic acids is 2. The van der Waals surface area contributed by atoms with Crippen molar-refractivity contribution in [3.8, 4) is 5.75 Å². The maximum absolute atomic E-state index is 13.3. The molecule has 1 atom stereocenters. The Bertz CT molecular complexity index is 722. The zero-order chi connectivity index (χ0) is 22.2. The standard InChI is InChI=1S/C25H39N3O3/c1-19(2)18-23(29)27-14-16-28(17-15-27)24(21-9-4-5-10-21)25(30)26-13-12-20-8-6-7-11-22(20)31-3/h6-8,11,19,21,24H,4-5,9-10,12-18H2,1-3H3,(H,26,30). The molecule has 0 radical (unpaired) electrons. The molecule has 1 aliphatic carbocycles. The Morgan fingerprint density at radius 1 is 1.10 bits per heavy atom. The van der Waals surface area contributed by atoms with Crippen molar-refractivity contribution >= 4 is 11.8 Å². The van der Waals surface area contributed by atoms with Crippen molar-refractivity contribution in [2.75, 3.05) is 39.8 Å². The topological polar surface area (TPSA) is 61.9 Å². The summed E-state index contributed by atoms with van der Waals surface area (Å²) in [5.74, 6) is 2.05. The van der Waals surface area contributed by atoms with Crippen LogP contribution in [0.1, 0.15) is 51.5 Å². The average Bonchev–Trinajstić information content (AvgIpc) is 3.28. The summed E-state index contributed by atoms with van der Waals surface area (Å²) in [6.07, 6.45) is 6.03. The number of hydrogen-bond donors (Lipinski definition) is 1. The van der Waals surface area contributed by atoms with Crippen LogP contribution in [-0.2, 0) is 16.0 Å². The van der Waals surface area contributed by atoms with E-state index in [0.717, 1.165) is 56.8 Å². The van der Waals surface area contributed by atoms with Gasteiger partial charge in [-0.1, -0.05) is 44.9 Å². The minimum atomic E-state index is -0.0810. The van der Waals surface area contributed by atoms with Crippen LogP contribution in [0, 0.1) is 11.8 Å². The monoisotopic (exact) mass is 429 g/mol. The van der Waals surface area contributed by atoms with Crippen LogP contribution >= 0.6 is 0 Å². The minimum absolute atomic E-state index is 0.0810. The summed E-state index contributed by atoms with van der Waals surface area (Å²) in [4.78, 5) is 30.0. The third kappa shape index (κ3) is 6.45. The summed E-state index contributed by atoms with van der Waals surface area (Å²) >= 11 is 0. The largest absolute Gasteiger partial charge is 0.496 e. The van der Waals surface area contributed by atoms with Crippen molar-refractivity contribution in [1.29, 1.82) is 0 Å². The lowest BCUT2D eigenvalue weighted by Gasteiger charge is -2.41. The first-order valence-corrected chi connectivity index (χ1v) is 11.9. The molecule has 0 bridgehead atoms. The van der Waals surface area contributed by atoms with Gasteiger partial charge in [-0.25, -0.2) is 0 Å². The number of carbonyl (C=O) groups is 2. The van der Waals surface area contributed by atoms with Crippen molar-refractivity contribution in [2.45, 2.75) is 58.4 Å². The number of piperazine rings is 1. The Morgan fingerprint density at radius 3 is 2.42 bits per heavy atom. The molecule has 1 aromatic rings. The van der Waals surface area contributed by atoms with Gasteiger partial charge >= 0.3 is 0 Å². The van der Waals surface area contributed by atoms with Crippen molar-refractivity contribution < 1.29 is 14.3 Å². The Kier molecular flexibility index (Phi) is 8.76. The van der Waals surface area contributed by atoms with Crippen LogP contribution in [0.25, 0.3) is 0 Å². The van der Waals surface area contributed by atoms with E-state index in [1.807, 2.05) is 29.2 Å². The second kappa shape index (κ2) is 11.5. The molecule has 2 aliphatic rings. The lowest BCUT2D eigenvalue weighted by Crippen LogP contribution is -2.58. The Morgan fingerprint density at radius 2 is 1.77 bits per heavy atom. The number of ether oxygens (including phenoxy) is 1. The minimum Gasteiger partial charge on any atom is -0.496 e. The van der Waals surface area contributed by atoms with Gasteiger partial charge in [0.25, 0.3) is 0 Å². The zero-order valence-electron chi connectivity index (χ0n) is 19.4. The van der Waals surface area contributed by atoms with Crippen LogP contribution in [-0.4, -0.2) is 67.5 Å². The molecule has 1 aromatic carbocycles. The van der Waals surface area contributed by atoms with Crippen LogP contribution in [0.2, 0.25) is 0 Å². The van der Waals surface area contributed by atoms with Crippen molar-refractivity contribution in [3.63, 3.8) is 0 Å². The van der Waals surface area contributed by atoms with Crippen molar-refractivity contribution in [3.05, 3.63) is 29.8 Å². The van der Waals surface area contributed by atoms with E-state index >= 15 is 0 Å². The van der Waals surface area contributed by atoms with Gasteiger partial charge in [-0.2, -0.15) is 0 Å². The summed E-state index contributed by atoms with van der Waals surface area (Å²) in [7, 11) is 1.68. The molecule has 1 N–H and O–H groups in total. The van der Waals surface area contributed by atoms with E-state index in [9.17, 15) is 9.59 Å². The Labute approximate surface area is 187 Å². The van der Waals surface area contributed by atoms with Gasteiger partial charge in [0, 0.05) is 39.1 Å². The molecule has 2 fully saturated rings. The Balaban J connectivity index is 1.56. The third-order valence-corrected chi connectivity index (χ3v) is 6.64. The van der Waals surface area contributed by atoms with E-state index < -0.39 is 0 Å². The fourth-order valence-corrected chi connectivity index (χ4v) is 5.01. The summed E-state index contributed by atoms with van der Waals surface area (Å²) in [6.45, 7) is 7.79. The first-order chi connectivity index (χ1) is 15.0. The van der Waals surface area contributed by atoms with E-state index in [4.69, 9.17) is 4.74 Å². The third-order valence-electron chi connectivity index (χ3n) is 6.64. The number of nitrogens with one attached hydrogen (secondary N) is 1. The number of benzene rings is 1. The quantitative estimate of drug-likeness (QED) is 0.655. The molecule has 6 heteroatoms. The van der Waals surface area contributed by atoms with Crippen LogP contribution in [0.4, 0.5) is 0 Å². The van der Waals surface area contributed by atoms with E-state index in [1.54, 1.807) is 7.11 Å². The van der Waals surface area contributed by atoms with Gasteiger partial charge in [0.05, 0.1) is 13.2 Å². The number of methoxy groups -OCH3 is 1. The molecular weight excluding hydrogens is 390 g/mol. The summed E-state index contributed by atoms with van der Waals surface area (Å²) in [6, 6.07) is 7.89. The van der Waals surface area contributed by atoms with E-state index in [0.29, 0.717) is 24.8 Å². The first-order valence-electron chi connectivity index (χ1n) is 11.9. The van der Waals surface area contributed by atoms with Crippen LogP contribution < -0.4 is 10.1 Å². The maximum Gasteiger partial charge on any atom is 0.237 e. The summed E-state index contributed by atoms with van der Waals surface area (Å²) in [5.41, 5.74) is 1.11. The molecule has 2 amide bonds. The molecule has 0 aromatic heterocycles. The smallest absolute Gasteiger partial charge is 0.237 e. The predicted molar refractivity (Wildman–Crippen MR) is 123 cm³/mol. The second-order valence-corrected chi connectivity index (χ2v) is 9.36. The molecule has 1 unspecified atom stereocenters. The molecule has 1 aliphatic heterocycles. The number of amides is 2. The molecule has 172 valence electrons. The summed E-state index contributed by atoms with van der Waals surface area (Å²) < 4.78 is 5.43. The van der Waals surface area contributed by atoms with Gasteiger partial charge in [-0.15, -0.1) is 0 Å². The predicted octanol–water partition coefficient (Wildman–Crippen LogP) is 3.10. The van der Waals surface area contributed by atoms with Gasteiger partial charge in [-0.3, -0.25) is 14.5 Å². The van der Waals surface area contributed by atoms with E-state index in [-0.39, 0.29) is 17.9 Å².